The number of rotatable bonds is 3. The largest absolute Gasteiger partial charge is 0.454 e. The zero-order chi connectivity index (χ0) is 17.9. The first-order chi connectivity index (χ1) is 12.0. The number of ketones is 1. The van der Waals surface area contributed by atoms with E-state index in [0.717, 1.165) is 24.3 Å². The van der Waals surface area contributed by atoms with E-state index < -0.39 is 12.0 Å². The molecule has 0 aliphatic carbocycles. The minimum Gasteiger partial charge on any atom is -0.383 e. The molecular formula is C19H17F3N2O. The van der Waals surface area contributed by atoms with E-state index in [1.807, 2.05) is 24.3 Å². The zero-order valence-corrected chi connectivity index (χ0v) is 13.4. The van der Waals surface area contributed by atoms with Crippen molar-refractivity contribution in [1.82, 2.24) is 0 Å². The summed E-state index contributed by atoms with van der Waals surface area (Å²) in [4.78, 5) is 13.7. The number of hydrogen-bond donors (Lipinski definition) is 1. The Kier molecular flexibility index (Phi) is 4.79. The molecule has 2 aromatic carbocycles. The van der Waals surface area contributed by atoms with E-state index in [2.05, 4.69) is 5.32 Å². The molecule has 0 aromatic heterocycles. The van der Waals surface area contributed by atoms with Gasteiger partial charge in [-0.15, -0.1) is 0 Å². The van der Waals surface area contributed by atoms with Crippen molar-refractivity contribution < 1.29 is 18.0 Å². The van der Waals surface area contributed by atoms with Crippen molar-refractivity contribution >= 4 is 22.7 Å². The summed E-state index contributed by atoms with van der Waals surface area (Å²) in [6, 6.07) is 15.3. The molecule has 3 nitrogen and oxygen atoms in total. The Balaban J connectivity index is 2.09. The van der Waals surface area contributed by atoms with Gasteiger partial charge in [0.25, 0.3) is 5.78 Å². The van der Waals surface area contributed by atoms with Gasteiger partial charge in [0.05, 0.1) is 16.9 Å². The van der Waals surface area contributed by atoms with E-state index in [9.17, 15) is 18.0 Å². The summed E-state index contributed by atoms with van der Waals surface area (Å²) in [7, 11) is 0. The standard InChI is InChI=1S/C19H17F3N2O/c20-19(21,22)18(25)15(14-7-2-1-3-8-14)13-24-12-6-11-23-16-9-4-5-10-17(16)24/h1-5,7-10,13,23H,6,11-12H2/b15-13+. The molecule has 0 atom stereocenters. The number of alkyl halides is 3. The third-order valence-corrected chi connectivity index (χ3v) is 3.98. The van der Waals surface area contributed by atoms with Crippen molar-refractivity contribution in [2.45, 2.75) is 12.6 Å². The number of halogens is 3. The van der Waals surface area contributed by atoms with Gasteiger partial charge in [0, 0.05) is 19.3 Å². The Morgan fingerprint density at radius 2 is 1.72 bits per heavy atom. The fourth-order valence-electron chi connectivity index (χ4n) is 2.79. The van der Waals surface area contributed by atoms with Gasteiger partial charge in [-0.2, -0.15) is 13.2 Å². The SMILES string of the molecule is O=C(/C(=C/N1CCCNc2ccccc21)c1ccccc1)C(F)(F)F. The number of fused-ring (bicyclic) bond motifs is 1. The van der Waals surface area contributed by atoms with Crippen LogP contribution < -0.4 is 10.2 Å². The van der Waals surface area contributed by atoms with Crippen LogP contribution in [0.5, 0.6) is 0 Å². The Labute approximate surface area is 143 Å². The minimum atomic E-state index is -4.93. The molecule has 130 valence electrons. The number of nitrogens with one attached hydrogen (secondary N) is 1. The number of Topliss-reactive ketones (excluding diaryl/α,β-unsaturated/α-hetero) is 1. The van der Waals surface area contributed by atoms with Crippen LogP contribution in [0.15, 0.2) is 60.8 Å². The Hall–Kier alpha value is -2.76. The Morgan fingerprint density at radius 3 is 2.44 bits per heavy atom. The maximum atomic E-state index is 13.1. The maximum absolute atomic E-state index is 13.1. The van der Waals surface area contributed by atoms with Gasteiger partial charge in [-0.3, -0.25) is 4.79 Å². The van der Waals surface area contributed by atoms with Crippen molar-refractivity contribution in [3.05, 3.63) is 66.4 Å². The molecular weight excluding hydrogens is 329 g/mol. The van der Waals surface area contributed by atoms with Gasteiger partial charge in [0.2, 0.25) is 0 Å². The van der Waals surface area contributed by atoms with Crippen LogP contribution in [0.4, 0.5) is 24.5 Å². The number of para-hydroxylation sites is 2. The lowest BCUT2D eigenvalue weighted by molar-refractivity contribution is -0.164. The van der Waals surface area contributed by atoms with Crippen molar-refractivity contribution in [2.24, 2.45) is 0 Å². The van der Waals surface area contributed by atoms with Crippen molar-refractivity contribution in [1.29, 1.82) is 0 Å². The number of anilines is 2. The first-order valence-corrected chi connectivity index (χ1v) is 7.95. The molecule has 0 radical (unpaired) electrons. The summed E-state index contributed by atoms with van der Waals surface area (Å²) in [6.45, 7) is 1.24. The molecule has 0 fully saturated rings. The molecule has 0 amide bonds. The Morgan fingerprint density at radius 1 is 1.04 bits per heavy atom. The van der Waals surface area contributed by atoms with E-state index >= 15 is 0 Å². The summed E-state index contributed by atoms with van der Waals surface area (Å²) in [6.07, 6.45) is -2.87. The lowest BCUT2D eigenvalue weighted by Gasteiger charge is -2.22. The van der Waals surface area contributed by atoms with E-state index in [-0.39, 0.29) is 11.1 Å². The lowest BCUT2D eigenvalue weighted by Crippen LogP contribution is -2.26. The van der Waals surface area contributed by atoms with Crippen molar-refractivity contribution in [3.8, 4) is 0 Å². The van der Waals surface area contributed by atoms with Gasteiger partial charge in [0.15, 0.2) is 0 Å². The van der Waals surface area contributed by atoms with Crippen LogP contribution in [0.1, 0.15) is 12.0 Å². The second-order valence-electron chi connectivity index (χ2n) is 5.73. The van der Waals surface area contributed by atoms with Gasteiger partial charge in [-0.25, -0.2) is 0 Å². The number of carbonyl (C=O) groups excluding carboxylic acids is 1. The van der Waals surface area contributed by atoms with Crippen molar-refractivity contribution in [2.75, 3.05) is 23.3 Å². The molecule has 0 saturated heterocycles. The molecule has 3 rings (SSSR count). The molecule has 1 aliphatic rings. The molecule has 0 spiro atoms. The Bertz CT molecular complexity index is 785. The fraction of sp³-hybridized carbons (Fsp3) is 0.211. The zero-order valence-electron chi connectivity index (χ0n) is 13.4. The molecule has 0 bridgehead atoms. The van der Waals surface area contributed by atoms with E-state index in [0.29, 0.717) is 6.54 Å². The molecule has 0 saturated carbocycles. The van der Waals surface area contributed by atoms with E-state index in [4.69, 9.17) is 0 Å². The van der Waals surface area contributed by atoms with Crippen LogP contribution in [0.3, 0.4) is 0 Å². The highest BCUT2D eigenvalue weighted by Gasteiger charge is 2.41. The molecule has 1 aliphatic heterocycles. The fourth-order valence-corrected chi connectivity index (χ4v) is 2.79. The van der Waals surface area contributed by atoms with Gasteiger partial charge >= 0.3 is 6.18 Å². The normalized spacial score (nSPS) is 15.2. The van der Waals surface area contributed by atoms with Crippen LogP contribution in [-0.2, 0) is 4.79 Å². The second kappa shape index (κ2) is 7.01. The summed E-state index contributed by atoms with van der Waals surface area (Å²) in [5, 5.41) is 3.25. The van der Waals surface area contributed by atoms with Crippen LogP contribution in [-0.4, -0.2) is 25.0 Å². The average molecular weight is 346 g/mol. The molecule has 1 N–H and O–H groups in total. The second-order valence-corrected chi connectivity index (χ2v) is 5.73. The predicted octanol–water partition coefficient (Wildman–Crippen LogP) is 4.48. The lowest BCUT2D eigenvalue weighted by atomic mass is 10.0. The number of nitrogens with zero attached hydrogens (tertiary/aromatic N) is 1. The quantitative estimate of drug-likeness (QED) is 0.832. The van der Waals surface area contributed by atoms with Gasteiger partial charge in [-0.05, 0) is 24.1 Å². The van der Waals surface area contributed by atoms with Crippen LogP contribution in [0, 0.1) is 0 Å². The number of carbonyl (C=O) groups is 1. The summed E-state index contributed by atoms with van der Waals surface area (Å²) >= 11 is 0. The molecule has 6 heteroatoms. The van der Waals surface area contributed by atoms with Crippen LogP contribution in [0.2, 0.25) is 0 Å². The highest BCUT2D eigenvalue weighted by molar-refractivity contribution is 6.23. The highest BCUT2D eigenvalue weighted by Crippen LogP contribution is 2.32. The monoisotopic (exact) mass is 346 g/mol. The summed E-state index contributed by atoms with van der Waals surface area (Å²) < 4.78 is 39.3. The molecule has 25 heavy (non-hydrogen) atoms. The van der Waals surface area contributed by atoms with Crippen LogP contribution in [0.25, 0.3) is 5.57 Å². The summed E-state index contributed by atoms with van der Waals surface area (Å²) in [5.74, 6) is -1.84. The molecule has 1 heterocycles. The average Bonchev–Trinajstić information content (AvgIpc) is 2.81. The van der Waals surface area contributed by atoms with Gasteiger partial charge < -0.3 is 10.2 Å². The number of benzene rings is 2. The highest BCUT2D eigenvalue weighted by atomic mass is 19.4. The van der Waals surface area contributed by atoms with Crippen LogP contribution >= 0.6 is 0 Å². The minimum absolute atomic E-state index is 0.250. The third kappa shape index (κ3) is 3.84. The van der Waals surface area contributed by atoms with E-state index in [1.165, 1.54) is 18.3 Å². The smallest absolute Gasteiger partial charge is 0.383 e. The predicted molar refractivity (Wildman–Crippen MR) is 92.4 cm³/mol. The first kappa shape index (κ1) is 17.1. The summed E-state index contributed by atoms with van der Waals surface area (Å²) in [5.41, 5.74) is 1.48. The van der Waals surface area contributed by atoms with Gasteiger partial charge in [-0.1, -0.05) is 42.5 Å². The molecule has 2 aromatic rings. The molecule has 0 unspecified atom stereocenters. The van der Waals surface area contributed by atoms with Gasteiger partial charge in [0.1, 0.15) is 0 Å². The maximum Gasteiger partial charge on any atom is 0.454 e. The topological polar surface area (TPSA) is 32.3 Å². The number of allylic oxidation sites excluding steroid dienone is 1. The third-order valence-electron chi connectivity index (χ3n) is 3.98. The first-order valence-electron chi connectivity index (χ1n) is 7.95. The van der Waals surface area contributed by atoms with E-state index in [1.54, 1.807) is 23.1 Å². The number of hydrogen-bond acceptors (Lipinski definition) is 3. The van der Waals surface area contributed by atoms with Crippen molar-refractivity contribution in [3.63, 3.8) is 0 Å².